The molecule has 5 nitrogen and oxygen atoms in total. The average Bonchev–Trinajstić information content (AvgIpc) is 3.43. The normalized spacial score (nSPS) is 28.0. The van der Waals surface area contributed by atoms with E-state index in [1.807, 2.05) is 18.5 Å². The molecule has 6 heteroatoms. The zero-order chi connectivity index (χ0) is 15.6. The number of hydrogen-bond acceptors (Lipinski definition) is 5. The van der Waals surface area contributed by atoms with Crippen LogP contribution in [0.5, 0.6) is 0 Å². The van der Waals surface area contributed by atoms with Crippen LogP contribution >= 0.6 is 11.6 Å². The van der Waals surface area contributed by atoms with Gasteiger partial charge in [-0.2, -0.15) is 0 Å². The highest BCUT2D eigenvalue weighted by Gasteiger charge is 2.27. The second-order valence-electron chi connectivity index (χ2n) is 6.40. The van der Waals surface area contributed by atoms with Gasteiger partial charge in [-0.15, -0.1) is 0 Å². The van der Waals surface area contributed by atoms with E-state index in [-0.39, 0.29) is 6.10 Å². The second-order valence-corrected chi connectivity index (χ2v) is 6.85. The molecule has 2 fully saturated rings. The molecule has 1 saturated heterocycles. The van der Waals surface area contributed by atoms with Gasteiger partial charge in [-0.1, -0.05) is 17.7 Å². The number of hydrogen-bond donors (Lipinski definition) is 2. The average molecular weight is 333 g/mol. The van der Waals surface area contributed by atoms with E-state index in [1.165, 1.54) is 18.4 Å². The fourth-order valence-corrected chi connectivity index (χ4v) is 3.36. The van der Waals surface area contributed by atoms with E-state index in [9.17, 15) is 0 Å². The molecular formula is C17H21ClN4O. The van der Waals surface area contributed by atoms with Crippen molar-refractivity contribution in [3.63, 3.8) is 0 Å². The minimum atomic E-state index is 0.198. The Bertz CT molecular complexity index is 618. The molecule has 4 rings (SSSR count). The van der Waals surface area contributed by atoms with Crippen molar-refractivity contribution in [1.29, 1.82) is 0 Å². The Hall–Kier alpha value is -1.43. The smallest absolute Gasteiger partial charge is 0.227 e. The van der Waals surface area contributed by atoms with E-state index in [2.05, 4.69) is 26.7 Å². The third-order valence-electron chi connectivity index (χ3n) is 4.62. The van der Waals surface area contributed by atoms with Gasteiger partial charge in [0.05, 0.1) is 18.4 Å². The molecule has 1 aliphatic heterocycles. The summed E-state index contributed by atoms with van der Waals surface area (Å²) in [5.74, 6) is 1.59. The molecule has 1 saturated carbocycles. The van der Waals surface area contributed by atoms with E-state index in [0.29, 0.717) is 17.8 Å². The Balaban J connectivity index is 1.39. The van der Waals surface area contributed by atoms with Crippen LogP contribution in [-0.2, 0) is 4.74 Å². The molecule has 0 bridgehead atoms. The monoisotopic (exact) mass is 332 g/mol. The van der Waals surface area contributed by atoms with Gasteiger partial charge >= 0.3 is 0 Å². The van der Waals surface area contributed by atoms with Gasteiger partial charge < -0.3 is 15.4 Å². The molecule has 122 valence electrons. The summed E-state index contributed by atoms with van der Waals surface area (Å²) in [6.45, 7) is 2.58. The first-order chi connectivity index (χ1) is 11.3. The summed E-state index contributed by atoms with van der Waals surface area (Å²) in [7, 11) is 0. The van der Waals surface area contributed by atoms with Crippen LogP contribution in [0.1, 0.15) is 30.7 Å². The second kappa shape index (κ2) is 6.59. The summed E-state index contributed by atoms with van der Waals surface area (Å²) in [4.78, 5) is 8.79. The van der Waals surface area contributed by atoms with Crippen molar-refractivity contribution >= 4 is 17.5 Å². The summed E-state index contributed by atoms with van der Waals surface area (Å²) < 4.78 is 5.82. The minimum absolute atomic E-state index is 0.198. The van der Waals surface area contributed by atoms with Crippen molar-refractivity contribution in [2.24, 2.45) is 5.92 Å². The number of halogens is 1. The van der Waals surface area contributed by atoms with Crippen LogP contribution in [0.4, 0.5) is 5.95 Å². The van der Waals surface area contributed by atoms with Crippen molar-refractivity contribution in [3.05, 3.63) is 40.8 Å². The minimum Gasteiger partial charge on any atom is -0.375 e. The van der Waals surface area contributed by atoms with E-state index in [0.717, 1.165) is 36.8 Å². The molecule has 2 N–H and O–H groups in total. The first kappa shape index (κ1) is 15.1. The molecule has 1 aromatic rings. The lowest BCUT2D eigenvalue weighted by molar-refractivity contribution is 0.00330. The number of aromatic nitrogens is 2. The number of nitrogens with zero attached hydrogens (tertiary/aromatic N) is 2. The maximum absolute atomic E-state index is 6.47. The molecule has 3 aliphatic rings. The fraction of sp³-hybridized carbons (Fsp3) is 0.529. The largest absolute Gasteiger partial charge is 0.375 e. The van der Waals surface area contributed by atoms with Gasteiger partial charge in [0.1, 0.15) is 0 Å². The number of anilines is 1. The lowest BCUT2D eigenvalue weighted by atomic mass is 9.92. The molecule has 2 heterocycles. The van der Waals surface area contributed by atoms with Crippen LogP contribution in [0.25, 0.3) is 0 Å². The fourth-order valence-electron chi connectivity index (χ4n) is 3.07. The van der Waals surface area contributed by atoms with E-state index in [1.54, 1.807) is 0 Å². The summed E-state index contributed by atoms with van der Waals surface area (Å²) in [6, 6.07) is 0. The SMILES string of the molecule is ClC1=C(Nc2ncc(C3CC3)cn2)C=CC([C@H]2CNCCO2)C1. The molecule has 0 spiro atoms. The Morgan fingerprint density at radius 1 is 1.26 bits per heavy atom. The molecule has 1 unspecified atom stereocenters. The highest BCUT2D eigenvalue weighted by Crippen LogP contribution is 2.39. The van der Waals surface area contributed by atoms with E-state index >= 15 is 0 Å². The van der Waals surface area contributed by atoms with Crippen LogP contribution in [0.3, 0.4) is 0 Å². The number of morpholine rings is 1. The first-order valence-electron chi connectivity index (χ1n) is 8.28. The van der Waals surface area contributed by atoms with Gasteiger partial charge in [0.2, 0.25) is 5.95 Å². The van der Waals surface area contributed by atoms with Crippen molar-refractivity contribution in [3.8, 4) is 0 Å². The highest BCUT2D eigenvalue weighted by molar-refractivity contribution is 6.30. The number of rotatable bonds is 4. The lowest BCUT2D eigenvalue weighted by Crippen LogP contribution is -2.42. The van der Waals surface area contributed by atoms with Gasteiger partial charge in [-0.05, 0) is 36.8 Å². The first-order valence-corrected chi connectivity index (χ1v) is 8.65. The number of nitrogens with one attached hydrogen (secondary N) is 2. The van der Waals surface area contributed by atoms with Crippen LogP contribution in [0, 0.1) is 5.92 Å². The molecule has 2 aliphatic carbocycles. The van der Waals surface area contributed by atoms with Crippen molar-refractivity contribution in [2.45, 2.75) is 31.3 Å². The predicted molar refractivity (Wildman–Crippen MR) is 90.4 cm³/mol. The third-order valence-corrected chi connectivity index (χ3v) is 4.98. The number of allylic oxidation sites excluding steroid dienone is 2. The van der Waals surface area contributed by atoms with E-state index in [4.69, 9.17) is 16.3 Å². The van der Waals surface area contributed by atoms with Gasteiger partial charge in [0, 0.05) is 36.4 Å². The lowest BCUT2D eigenvalue weighted by Gasteiger charge is -2.31. The van der Waals surface area contributed by atoms with Crippen LogP contribution in [0.15, 0.2) is 35.3 Å². The summed E-state index contributed by atoms with van der Waals surface area (Å²) in [5, 5.41) is 7.39. The van der Waals surface area contributed by atoms with Gasteiger partial charge in [-0.3, -0.25) is 0 Å². The highest BCUT2D eigenvalue weighted by atomic mass is 35.5. The van der Waals surface area contributed by atoms with Crippen molar-refractivity contribution in [2.75, 3.05) is 25.0 Å². The van der Waals surface area contributed by atoms with Crippen molar-refractivity contribution in [1.82, 2.24) is 15.3 Å². The zero-order valence-electron chi connectivity index (χ0n) is 13.0. The van der Waals surface area contributed by atoms with E-state index < -0.39 is 0 Å². The summed E-state index contributed by atoms with van der Waals surface area (Å²) >= 11 is 6.47. The number of ether oxygens (including phenoxy) is 1. The molecule has 23 heavy (non-hydrogen) atoms. The topological polar surface area (TPSA) is 59.1 Å². The van der Waals surface area contributed by atoms with Crippen LogP contribution in [0.2, 0.25) is 0 Å². The van der Waals surface area contributed by atoms with Crippen molar-refractivity contribution < 1.29 is 4.74 Å². The van der Waals surface area contributed by atoms with Gasteiger partial charge in [0.25, 0.3) is 0 Å². The maximum Gasteiger partial charge on any atom is 0.227 e. The molecule has 0 amide bonds. The Labute approximate surface area is 141 Å². The van der Waals surface area contributed by atoms with Crippen LogP contribution in [-0.4, -0.2) is 35.8 Å². The molecule has 0 radical (unpaired) electrons. The molecular weight excluding hydrogens is 312 g/mol. The predicted octanol–water partition coefficient (Wildman–Crippen LogP) is 2.78. The standard InChI is InChI=1S/C17H21ClN4O/c18-14-7-12(16-10-19-5-6-23-16)3-4-15(14)22-17-20-8-13(9-21-17)11-1-2-11/h3-4,8-9,11-12,16,19H,1-2,5-7,10H2,(H,20,21,22)/t12?,16-/m1/s1. The molecule has 2 atom stereocenters. The quantitative estimate of drug-likeness (QED) is 0.888. The third kappa shape index (κ3) is 3.57. The Morgan fingerprint density at radius 3 is 2.74 bits per heavy atom. The Morgan fingerprint density at radius 2 is 2.09 bits per heavy atom. The maximum atomic E-state index is 6.47. The zero-order valence-corrected chi connectivity index (χ0v) is 13.7. The van der Waals surface area contributed by atoms with Gasteiger partial charge in [-0.25, -0.2) is 9.97 Å². The summed E-state index contributed by atoms with van der Waals surface area (Å²) in [6.07, 6.45) is 11.5. The van der Waals surface area contributed by atoms with Gasteiger partial charge in [0.15, 0.2) is 0 Å². The Kier molecular flexibility index (Phi) is 4.33. The summed E-state index contributed by atoms with van der Waals surface area (Å²) in [5.41, 5.74) is 2.11. The van der Waals surface area contributed by atoms with Crippen LogP contribution < -0.4 is 10.6 Å². The molecule has 1 aromatic heterocycles. The molecule has 0 aromatic carbocycles.